The maximum absolute atomic E-state index is 14.4. The summed E-state index contributed by atoms with van der Waals surface area (Å²) in [4.78, 5) is 1.93. The van der Waals surface area contributed by atoms with E-state index in [9.17, 15) is 8.78 Å². The molecule has 0 saturated heterocycles. The van der Waals surface area contributed by atoms with Crippen molar-refractivity contribution in [1.82, 2.24) is 4.90 Å². The Morgan fingerprint density at radius 3 is 2.48 bits per heavy atom. The van der Waals surface area contributed by atoms with Crippen LogP contribution >= 0.6 is 15.9 Å². The van der Waals surface area contributed by atoms with Crippen molar-refractivity contribution in [2.24, 2.45) is 0 Å². The zero-order valence-electron chi connectivity index (χ0n) is 15.3. The quantitative estimate of drug-likeness (QED) is 0.624. The highest BCUT2D eigenvalue weighted by Crippen LogP contribution is 2.45. The zero-order chi connectivity index (χ0) is 19.2. The summed E-state index contributed by atoms with van der Waals surface area (Å²) >= 11 is 3.46. The van der Waals surface area contributed by atoms with E-state index in [0.29, 0.717) is 12.2 Å². The molecule has 0 radical (unpaired) electrons. The number of ether oxygens (including phenoxy) is 2. The predicted molar refractivity (Wildman–Crippen MR) is 104 cm³/mol. The van der Waals surface area contributed by atoms with Crippen LogP contribution in [0.2, 0.25) is 0 Å². The van der Waals surface area contributed by atoms with Crippen LogP contribution in [-0.2, 0) is 6.42 Å². The molecule has 2 heterocycles. The van der Waals surface area contributed by atoms with Gasteiger partial charge in [-0.1, -0.05) is 35.0 Å². The first-order valence-electron chi connectivity index (χ1n) is 9.19. The first-order valence-corrected chi connectivity index (χ1v) is 9.98. The minimum absolute atomic E-state index is 0.0102. The highest BCUT2D eigenvalue weighted by atomic mass is 79.9. The van der Waals surface area contributed by atoms with Crippen LogP contribution in [0, 0.1) is 0 Å². The molecule has 0 amide bonds. The topological polar surface area (TPSA) is 21.7 Å². The number of hydrogen-bond acceptors (Lipinski definition) is 3. The van der Waals surface area contributed by atoms with E-state index in [1.807, 2.05) is 48.2 Å². The minimum Gasteiger partial charge on any atom is -0.454 e. The summed E-state index contributed by atoms with van der Waals surface area (Å²) < 4.78 is 40.8. The van der Waals surface area contributed by atoms with Crippen LogP contribution in [0.3, 0.4) is 0 Å². The van der Waals surface area contributed by atoms with E-state index >= 15 is 0 Å². The molecule has 0 bridgehead atoms. The Morgan fingerprint density at radius 2 is 1.81 bits per heavy atom. The summed E-state index contributed by atoms with van der Waals surface area (Å²) in [6.07, 6.45) is 0.538. The second-order valence-corrected chi connectivity index (χ2v) is 8.21. The molecule has 0 fully saturated rings. The van der Waals surface area contributed by atoms with Gasteiger partial charge in [-0.25, -0.2) is 8.78 Å². The SMILES string of the molecule is CCC(F)(F)CN1[C@H](c2ccc(Br)cc2)c2cc3c(cc2C[C@H]1C)OCO3. The molecule has 0 saturated carbocycles. The van der Waals surface area contributed by atoms with Crippen LogP contribution < -0.4 is 9.47 Å². The van der Waals surface area contributed by atoms with Gasteiger partial charge in [-0.2, -0.15) is 0 Å². The average molecular weight is 438 g/mol. The fraction of sp³-hybridized carbons (Fsp3) is 0.429. The summed E-state index contributed by atoms with van der Waals surface area (Å²) in [5.41, 5.74) is 3.15. The van der Waals surface area contributed by atoms with Gasteiger partial charge in [0.2, 0.25) is 6.79 Å². The molecule has 144 valence electrons. The third-order valence-corrected chi connectivity index (χ3v) is 5.99. The van der Waals surface area contributed by atoms with E-state index < -0.39 is 5.92 Å². The first-order chi connectivity index (χ1) is 12.9. The molecule has 6 heteroatoms. The second kappa shape index (κ2) is 7.06. The molecule has 0 aliphatic carbocycles. The van der Waals surface area contributed by atoms with Crippen LogP contribution in [-0.4, -0.2) is 30.2 Å². The van der Waals surface area contributed by atoms with Gasteiger partial charge in [-0.05, 0) is 54.3 Å². The van der Waals surface area contributed by atoms with Gasteiger partial charge in [0.05, 0.1) is 12.6 Å². The van der Waals surface area contributed by atoms with Crippen molar-refractivity contribution >= 4 is 15.9 Å². The van der Waals surface area contributed by atoms with Gasteiger partial charge < -0.3 is 9.47 Å². The molecule has 2 atom stereocenters. The lowest BCUT2D eigenvalue weighted by atomic mass is 9.84. The van der Waals surface area contributed by atoms with E-state index in [0.717, 1.165) is 26.9 Å². The minimum atomic E-state index is -2.73. The van der Waals surface area contributed by atoms with Gasteiger partial charge in [0.15, 0.2) is 11.5 Å². The van der Waals surface area contributed by atoms with E-state index in [1.165, 1.54) is 6.92 Å². The van der Waals surface area contributed by atoms with Crippen LogP contribution in [0.25, 0.3) is 0 Å². The Balaban J connectivity index is 1.83. The smallest absolute Gasteiger partial charge is 0.260 e. The number of fused-ring (bicyclic) bond motifs is 2. The lowest BCUT2D eigenvalue weighted by Crippen LogP contribution is -2.48. The largest absolute Gasteiger partial charge is 0.454 e. The van der Waals surface area contributed by atoms with Crippen molar-refractivity contribution < 1.29 is 18.3 Å². The van der Waals surface area contributed by atoms with Gasteiger partial charge in [-0.3, -0.25) is 4.90 Å². The number of benzene rings is 2. The summed E-state index contributed by atoms with van der Waals surface area (Å²) in [7, 11) is 0. The second-order valence-electron chi connectivity index (χ2n) is 7.29. The first kappa shape index (κ1) is 18.7. The summed E-state index contributed by atoms with van der Waals surface area (Å²) in [6.45, 7) is 3.49. The van der Waals surface area contributed by atoms with Gasteiger partial charge in [-0.15, -0.1) is 0 Å². The molecule has 3 nitrogen and oxygen atoms in total. The van der Waals surface area contributed by atoms with E-state index in [1.54, 1.807) is 0 Å². The molecule has 0 N–H and O–H groups in total. The molecule has 2 aromatic carbocycles. The number of rotatable bonds is 4. The molecular weight excluding hydrogens is 416 g/mol. The lowest BCUT2D eigenvalue weighted by Gasteiger charge is -2.43. The van der Waals surface area contributed by atoms with Crippen molar-refractivity contribution in [3.05, 3.63) is 57.6 Å². The molecule has 0 spiro atoms. The lowest BCUT2D eigenvalue weighted by molar-refractivity contribution is -0.0541. The van der Waals surface area contributed by atoms with E-state index in [-0.39, 0.29) is 31.8 Å². The van der Waals surface area contributed by atoms with Gasteiger partial charge in [0.25, 0.3) is 5.92 Å². The molecule has 2 aliphatic heterocycles. The zero-order valence-corrected chi connectivity index (χ0v) is 16.9. The maximum atomic E-state index is 14.4. The fourth-order valence-corrected chi connectivity index (χ4v) is 4.21. The third-order valence-electron chi connectivity index (χ3n) is 5.46. The fourth-order valence-electron chi connectivity index (χ4n) is 3.94. The Morgan fingerprint density at radius 1 is 1.15 bits per heavy atom. The summed E-state index contributed by atoms with van der Waals surface area (Å²) in [5, 5.41) is 0. The molecule has 0 unspecified atom stereocenters. The van der Waals surface area contributed by atoms with Crippen molar-refractivity contribution in [2.75, 3.05) is 13.3 Å². The molecule has 27 heavy (non-hydrogen) atoms. The van der Waals surface area contributed by atoms with Crippen molar-refractivity contribution in [1.29, 1.82) is 0 Å². The number of alkyl halides is 2. The highest BCUT2D eigenvalue weighted by Gasteiger charge is 2.40. The Kier molecular flexibility index (Phi) is 4.89. The van der Waals surface area contributed by atoms with Crippen LogP contribution in [0.1, 0.15) is 43.0 Å². The molecule has 4 rings (SSSR count). The number of nitrogens with zero attached hydrogens (tertiary/aromatic N) is 1. The van der Waals surface area contributed by atoms with Crippen molar-refractivity contribution in [3.63, 3.8) is 0 Å². The van der Waals surface area contributed by atoms with Gasteiger partial charge in [0.1, 0.15) is 0 Å². The van der Waals surface area contributed by atoms with E-state index in [4.69, 9.17) is 9.47 Å². The van der Waals surface area contributed by atoms with Crippen molar-refractivity contribution in [2.45, 2.75) is 44.7 Å². The highest BCUT2D eigenvalue weighted by molar-refractivity contribution is 9.10. The predicted octanol–water partition coefficient (Wildman–Crippen LogP) is 5.56. The monoisotopic (exact) mass is 437 g/mol. The van der Waals surface area contributed by atoms with E-state index in [2.05, 4.69) is 15.9 Å². The molecular formula is C21H22BrF2NO2. The maximum Gasteiger partial charge on any atom is 0.260 e. The third kappa shape index (κ3) is 3.57. The van der Waals surface area contributed by atoms with Gasteiger partial charge in [0, 0.05) is 16.9 Å². The summed E-state index contributed by atoms with van der Waals surface area (Å²) in [6, 6.07) is 11.6. The number of halogens is 3. The van der Waals surface area contributed by atoms with Crippen LogP contribution in [0.15, 0.2) is 40.9 Å². The molecule has 2 aliphatic rings. The standard InChI is InChI=1S/C21H22BrF2NO2/c1-3-21(23,24)11-25-13(2)8-15-9-18-19(27-12-26-18)10-17(15)20(25)14-4-6-16(22)7-5-14/h4-7,9-10,13,20H,3,8,11-12H2,1-2H3/t13-,20-/m1/s1. The van der Waals surface area contributed by atoms with Crippen molar-refractivity contribution in [3.8, 4) is 11.5 Å². The van der Waals surface area contributed by atoms with Gasteiger partial charge >= 0.3 is 0 Å². The summed E-state index contributed by atoms with van der Waals surface area (Å²) in [5.74, 6) is -1.30. The molecule has 2 aromatic rings. The molecule has 0 aromatic heterocycles. The number of hydrogen-bond donors (Lipinski definition) is 0. The van der Waals surface area contributed by atoms with Crippen LogP contribution in [0.4, 0.5) is 8.78 Å². The Hall–Kier alpha value is -1.66. The Bertz CT molecular complexity index is 841. The average Bonchev–Trinajstić information content (AvgIpc) is 3.09. The normalized spacial score (nSPS) is 22.0. The Labute approximate surface area is 166 Å². The van der Waals surface area contributed by atoms with Crippen LogP contribution in [0.5, 0.6) is 11.5 Å².